The standard InChI is InChI=1S/C16H23N5O4S/c1-10-15(12(3)25-19-10)18-16(22)13-6-5-7-21(9-13)26(23,24)14-8-17-20(4)11(14)2/h8,13H,5-7,9H2,1-4H3,(H,18,22)/t13-/m1/s1. The van der Waals surface area contributed by atoms with Crippen molar-refractivity contribution in [3.05, 3.63) is 23.3 Å². The van der Waals surface area contributed by atoms with Gasteiger partial charge in [0.2, 0.25) is 15.9 Å². The highest BCUT2D eigenvalue weighted by molar-refractivity contribution is 7.89. The topological polar surface area (TPSA) is 110 Å². The second-order valence-corrected chi connectivity index (χ2v) is 8.51. The van der Waals surface area contributed by atoms with Crippen molar-refractivity contribution in [3.63, 3.8) is 0 Å². The number of aromatic nitrogens is 3. The minimum Gasteiger partial charge on any atom is -0.359 e. The number of sulfonamides is 1. The lowest BCUT2D eigenvalue weighted by Gasteiger charge is -2.31. The highest BCUT2D eigenvalue weighted by Crippen LogP contribution is 2.27. The summed E-state index contributed by atoms with van der Waals surface area (Å²) in [6, 6.07) is 0. The summed E-state index contributed by atoms with van der Waals surface area (Å²) >= 11 is 0. The second-order valence-electron chi connectivity index (χ2n) is 6.61. The SMILES string of the molecule is Cc1noc(C)c1NC(=O)[C@@H]1CCCN(S(=O)(=O)c2cnn(C)c2C)C1. The second kappa shape index (κ2) is 6.84. The smallest absolute Gasteiger partial charge is 0.246 e. The third-order valence-corrected chi connectivity index (χ3v) is 6.81. The van der Waals surface area contributed by atoms with E-state index in [2.05, 4.69) is 15.6 Å². The summed E-state index contributed by atoms with van der Waals surface area (Å²) in [5.74, 6) is -0.117. The van der Waals surface area contributed by atoms with Crippen molar-refractivity contribution < 1.29 is 17.7 Å². The van der Waals surface area contributed by atoms with Gasteiger partial charge < -0.3 is 9.84 Å². The Kier molecular flexibility index (Phi) is 4.89. The molecule has 2 aromatic heterocycles. The molecule has 0 spiro atoms. The molecule has 0 bridgehead atoms. The third-order valence-electron chi connectivity index (χ3n) is 4.84. The summed E-state index contributed by atoms with van der Waals surface area (Å²) in [6.07, 6.45) is 2.61. The molecule has 0 aromatic carbocycles. The Hall–Kier alpha value is -2.20. The highest BCUT2D eigenvalue weighted by Gasteiger charge is 2.35. The first-order valence-electron chi connectivity index (χ1n) is 8.44. The number of nitrogens with zero attached hydrogens (tertiary/aromatic N) is 4. The van der Waals surface area contributed by atoms with Crippen molar-refractivity contribution in [2.75, 3.05) is 18.4 Å². The van der Waals surface area contributed by atoms with Crippen LogP contribution in [0.5, 0.6) is 0 Å². The maximum Gasteiger partial charge on any atom is 0.246 e. The number of amides is 1. The van der Waals surface area contributed by atoms with Crippen LogP contribution in [-0.2, 0) is 21.9 Å². The molecule has 10 heteroatoms. The predicted octanol–water partition coefficient (Wildman–Crippen LogP) is 1.37. The van der Waals surface area contributed by atoms with Crippen molar-refractivity contribution in [3.8, 4) is 0 Å². The van der Waals surface area contributed by atoms with Gasteiger partial charge in [0.25, 0.3) is 0 Å². The van der Waals surface area contributed by atoms with Gasteiger partial charge in [0.15, 0.2) is 5.76 Å². The molecule has 0 saturated carbocycles. The fourth-order valence-corrected chi connectivity index (χ4v) is 4.84. The number of aryl methyl sites for hydroxylation is 3. The monoisotopic (exact) mass is 381 g/mol. The lowest BCUT2D eigenvalue weighted by atomic mass is 9.98. The van der Waals surface area contributed by atoms with E-state index in [4.69, 9.17) is 4.52 Å². The maximum atomic E-state index is 12.9. The van der Waals surface area contributed by atoms with Gasteiger partial charge in [-0.1, -0.05) is 5.16 Å². The molecule has 1 atom stereocenters. The van der Waals surface area contributed by atoms with E-state index in [-0.39, 0.29) is 17.3 Å². The van der Waals surface area contributed by atoms with E-state index in [1.54, 1.807) is 27.8 Å². The van der Waals surface area contributed by atoms with Crippen LogP contribution in [-0.4, -0.2) is 46.7 Å². The number of anilines is 1. The van der Waals surface area contributed by atoms with Crippen LogP contribution >= 0.6 is 0 Å². The number of carbonyl (C=O) groups is 1. The van der Waals surface area contributed by atoms with Crippen LogP contribution in [0.1, 0.15) is 30.0 Å². The summed E-state index contributed by atoms with van der Waals surface area (Å²) in [7, 11) is -1.98. The van der Waals surface area contributed by atoms with E-state index in [1.165, 1.54) is 15.2 Å². The van der Waals surface area contributed by atoms with Gasteiger partial charge >= 0.3 is 0 Å². The zero-order valence-corrected chi connectivity index (χ0v) is 16.1. The molecule has 1 aliphatic heterocycles. The number of piperidine rings is 1. The van der Waals surface area contributed by atoms with Crippen molar-refractivity contribution in [1.82, 2.24) is 19.2 Å². The number of rotatable bonds is 4. The third kappa shape index (κ3) is 3.26. The van der Waals surface area contributed by atoms with Gasteiger partial charge in [0, 0.05) is 20.1 Å². The molecule has 1 amide bonds. The molecular formula is C16H23N5O4S. The Morgan fingerprint density at radius 1 is 1.35 bits per heavy atom. The van der Waals surface area contributed by atoms with Gasteiger partial charge in [0.1, 0.15) is 16.3 Å². The van der Waals surface area contributed by atoms with Crippen LogP contribution in [0.15, 0.2) is 15.6 Å². The minimum absolute atomic E-state index is 0.145. The van der Waals surface area contributed by atoms with Crippen molar-refractivity contribution in [2.45, 2.75) is 38.5 Å². The fourth-order valence-electron chi connectivity index (χ4n) is 3.13. The molecule has 0 unspecified atom stereocenters. The van der Waals surface area contributed by atoms with E-state index in [1.807, 2.05) is 0 Å². The van der Waals surface area contributed by atoms with Crippen LogP contribution < -0.4 is 5.32 Å². The zero-order chi connectivity index (χ0) is 19.1. The maximum absolute atomic E-state index is 12.9. The summed E-state index contributed by atoms with van der Waals surface area (Å²) in [5, 5.41) is 10.7. The number of hydrogen-bond acceptors (Lipinski definition) is 6. The predicted molar refractivity (Wildman–Crippen MR) is 94.0 cm³/mol. The first-order chi connectivity index (χ1) is 12.2. The molecule has 1 aliphatic rings. The molecule has 3 heterocycles. The number of nitrogens with one attached hydrogen (secondary N) is 1. The average molecular weight is 381 g/mol. The summed E-state index contributed by atoms with van der Waals surface area (Å²) < 4.78 is 33.8. The normalized spacial score (nSPS) is 18.8. The van der Waals surface area contributed by atoms with Gasteiger partial charge in [-0.3, -0.25) is 9.48 Å². The summed E-state index contributed by atoms with van der Waals surface area (Å²) in [6.45, 7) is 5.72. The molecule has 3 rings (SSSR count). The van der Waals surface area contributed by atoms with E-state index in [0.717, 1.165) is 0 Å². The van der Waals surface area contributed by atoms with Crippen LogP contribution in [0.4, 0.5) is 5.69 Å². The number of hydrogen-bond donors (Lipinski definition) is 1. The molecule has 26 heavy (non-hydrogen) atoms. The average Bonchev–Trinajstić information content (AvgIpc) is 3.11. The van der Waals surface area contributed by atoms with Crippen LogP contribution in [0.25, 0.3) is 0 Å². The Balaban J connectivity index is 1.77. The highest BCUT2D eigenvalue weighted by atomic mass is 32.2. The zero-order valence-electron chi connectivity index (χ0n) is 15.3. The van der Waals surface area contributed by atoms with E-state index in [9.17, 15) is 13.2 Å². The summed E-state index contributed by atoms with van der Waals surface area (Å²) in [4.78, 5) is 12.8. The van der Waals surface area contributed by atoms with Gasteiger partial charge in [-0.15, -0.1) is 0 Å². The Morgan fingerprint density at radius 3 is 2.65 bits per heavy atom. The first kappa shape index (κ1) is 18.6. The molecule has 0 aliphatic carbocycles. The quantitative estimate of drug-likeness (QED) is 0.856. The molecule has 142 valence electrons. The molecule has 1 fully saturated rings. The number of carbonyl (C=O) groups excluding carboxylic acids is 1. The van der Waals surface area contributed by atoms with E-state index in [0.29, 0.717) is 42.2 Å². The van der Waals surface area contributed by atoms with E-state index >= 15 is 0 Å². The fraction of sp³-hybridized carbons (Fsp3) is 0.562. The van der Waals surface area contributed by atoms with Gasteiger partial charge in [-0.25, -0.2) is 8.42 Å². The Morgan fingerprint density at radius 2 is 2.08 bits per heavy atom. The molecule has 9 nitrogen and oxygen atoms in total. The van der Waals surface area contributed by atoms with Crippen molar-refractivity contribution in [2.24, 2.45) is 13.0 Å². The first-order valence-corrected chi connectivity index (χ1v) is 9.88. The van der Waals surface area contributed by atoms with Gasteiger partial charge in [0.05, 0.1) is 17.8 Å². The molecular weight excluding hydrogens is 358 g/mol. The van der Waals surface area contributed by atoms with Crippen molar-refractivity contribution >= 4 is 21.6 Å². The molecule has 1 N–H and O–H groups in total. The summed E-state index contributed by atoms with van der Waals surface area (Å²) in [5.41, 5.74) is 1.73. The Bertz CT molecular complexity index is 911. The van der Waals surface area contributed by atoms with Crippen LogP contribution in [0.3, 0.4) is 0 Å². The van der Waals surface area contributed by atoms with Crippen LogP contribution in [0, 0.1) is 26.7 Å². The molecule has 2 aromatic rings. The van der Waals surface area contributed by atoms with E-state index < -0.39 is 15.9 Å². The molecule has 1 saturated heterocycles. The lowest BCUT2D eigenvalue weighted by Crippen LogP contribution is -2.43. The van der Waals surface area contributed by atoms with Crippen molar-refractivity contribution in [1.29, 1.82) is 0 Å². The van der Waals surface area contributed by atoms with Gasteiger partial charge in [-0.05, 0) is 33.6 Å². The van der Waals surface area contributed by atoms with Gasteiger partial charge in [-0.2, -0.15) is 9.40 Å². The molecule has 0 radical (unpaired) electrons. The Labute approximate surface area is 152 Å². The largest absolute Gasteiger partial charge is 0.359 e. The van der Waals surface area contributed by atoms with Crippen LogP contribution in [0.2, 0.25) is 0 Å². The lowest BCUT2D eigenvalue weighted by molar-refractivity contribution is -0.120. The minimum atomic E-state index is -3.68.